The fraction of sp³-hybridized carbons (Fsp3) is 0.792. The zero-order valence-corrected chi connectivity index (χ0v) is 18.6. The number of esters is 1. The second kappa shape index (κ2) is 6.45. The Morgan fingerprint density at radius 1 is 1.07 bits per heavy atom. The van der Waals surface area contributed by atoms with Gasteiger partial charge in [0.1, 0.15) is 5.60 Å². The van der Waals surface area contributed by atoms with Gasteiger partial charge in [0.15, 0.2) is 10.9 Å². The summed E-state index contributed by atoms with van der Waals surface area (Å²) in [7, 11) is 0. The van der Waals surface area contributed by atoms with Gasteiger partial charge >= 0.3 is 5.97 Å². The van der Waals surface area contributed by atoms with Crippen LogP contribution in [0, 0.1) is 28.6 Å². The molecule has 1 aliphatic heterocycles. The standard InChI is InChI=1S/C24H32O4S/c1-14(25)29-20-13-16(26)12-15-4-5-17-18-7-10-24(11-8-21(27)28-24)22(18,2)9-6-19(17)23(15,20)3/h12,17-20H,4-11,13H2,1-3H3/t17?,18?,19-,20+,22+,23?,24?/m0/s1. The zero-order chi connectivity index (χ0) is 20.6. The van der Waals surface area contributed by atoms with Crippen molar-refractivity contribution in [2.45, 2.75) is 89.4 Å². The van der Waals surface area contributed by atoms with E-state index in [9.17, 15) is 14.4 Å². The van der Waals surface area contributed by atoms with E-state index < -0.39 is 0 Å². The number of hydrogen-bond donors (Lipinski definition) is 0. The molecule has 1 heterocycles. The molecule has 158 valence electrons. The minimum absolute atomic E-state index is 0.0152. The number of thioether (sulfide) groups is 1. The van der Waals surface area contributed by atoms with Gasteiger partial charge in [-0.1, -0.05) is 31.2 Å². The van der Waals surface area contributed by atoms with Crippen molar-refractivity contribution in [3.8, 4) is 0 Å². The van der Waals surface area contributed by atoms with E-state index >= 15 is 0 Å². The molecule has 0 bridgehead atoms. The largest absolute Gasteiger partial charge is 0.458 e. The van der Waals surface area contributed by atoms with Crippen LogP contribution in [0.25, 0.3) is 0 Å². The van der Waals surface area contributed by atoms with Crippen LogP contribution in [-0.2, 0) is 19.1 Å². The molecule has 0 amide bonds. The third kappa shape index (κ3) is 2.61. The number of rotatable bonds is 1. The lowest BCUT2D eigenvalue weighted by Crippen LogP contribution is -2.57. The van der Waals surface area contributed by atoms with Crippen LogP contribution in [0.3, 0.4) is 0 Å². The van der Waals surface area contributed by atoms with Gasteiger partial charge in [0.25, 0.3) is 0 Å². The van der Waals surface area contributed by atoms with Crippen LogP contribution >= 0.6 is 11.8 Å². The quantitative estimate of drug-likeness (QED) is 0.572. The van der Waals surface area contributed by atoms with Crippen LogP contribution in [0.5, 0.6) is 0 Å². The molecule has 0 N–H and O–H groups in total. The third-order valence-corrected chi connectivity index (χ3v) is 10.9. The molecule has 3 saturated carbocycles. The average molecular weight is 417 g/mol. The van der Waals surface area contributed by atoms with Crippen LogP contribution in [0.4, 0.5) is 0 Å². The maximum atomic E-state index is 12.4. The molecular weight excluding hydrogens is 384 g/mol. The van der Waals surface area contributed by atoms with Crippen molar-refractivity contribution in [1.29, 1.82) is 0 Å². The van der Waals surface area contributed by atoms with Crippen LogP contribution < -0.4 is 0 Å². The summed E-state index contributed by atoms with van der Waals surface area (Å²) in [5.41, 5.74) is 1.05. The molecule has 5 heteroatoms. The smallest absolute Gasteiger partial charge is 0.306 e. The number of hydrogen-bond acceptors (Lipinski definition) is 5. The molecule has 1 spiro atoms. The highest BCUT2D eigenvalue weighted by Crippen LogP contribution is 2.70. The molecule has 29 heavy (non-hydrogen) atoms. The lowest BCUT2D eigenvalue weighted by atomic mass is 9.46. The maximum Gasteiger partial charge on any atom is 0.306 e. The highest BCUT2D eigenvalue weighted by atomic mass is 32.2. The first-order chi connectivity index (χ1) is 13.7. The van der Waals surface area contributed by atoms with Crippen molar-refractivity contribution in [2.24, 2.45) is 28.6 Å². The summed E-state index contributed by atoms with van der Waals surface area (Å²) in [5.74, 6) is 1.85. The number of ketones is 1. The molecule has 7 atom stereocenters. The van der Waals surface area contributed by atoms with Crippen LogP contribution in [0.15, 0.2) is 11.6 Å². The summed E-state index contributed by atoms with van der Waals surface area (Å²) in [5, 5.41) is 0.176. The van der Waals surface area contributed by atoms with Crippen molar-refractivity contribution in [1.82, 2.24) is 0 Å². The van der Waals surface area contributed by atoms with Crippen molar-refractivity contribution in [2.75, 3.05) is 0 Å². The molecule has 5 aliphatic rings. The van der Waals surface area contributed by atoms with Crippen LogP contribution in [-0.4, -0.2) is 27.7 Å². The van der Waals surface area contributed by atoms with Gasteiger partial charge in [0, 0.05) is 35.8 Å². The number of fused-ring (bicyclic) bond motifs is 6. The van der Waals surface area contributed by atoms with Gasteiger partial charge < -0.3 is 4.74 Å². The monoisotopic (exact) mass is 416 g/mol. The van der Waals surface area contributed by atoms with Crippen LogP contribution in [0.2, 0.25) is 0 Å². The summed E-state index contributed by atoms with van der Waals surface area (Å²) >= 11 is 1.39. The number of carbonyl (C=O) groups is 3. The summed E-state index contributed by atoms with van der Waals surface area (Å²) in [6, 6.07) is 0. The molecule has 5 rings (SSSR count). The summed E-state index contributed by atoms with van der Waals surface area (Å²) < 4.78 is 6.04. The normalized spacial score (nSPS) is 48.6. The van der Waals surface area contributed by atoms with E-state index in [2.05, 4.69) is 13.8 Å². The maximum absolute atomic E-state index is 12.4. The minimum Gasteiger partial charge on any atom is -0.458 e. The first-order valence-corrected chi connectivity index (χ1v) is 12.2. The third-order valence-electron chi connectivity index (χ3n) is 9.68. The molecule has 0 aromatic rings. The number of ether oxygens (including phenoxy) is 1. The van der Waals surface area contributed by atoms with E-state index in [4.69, 9.17) is 4.74 Å². The summed E-state index contributed by atoms with van der Waals surface area (Å²) in [6.45, 7) is 6.36. The Morgan fingerprint density at radius 3 is 2.52 bits per heavy atom. The summed E-state index contributed by atoms with van der Waals surface area (Å²) in [6.07, 6.45) is 10.3. The van der Waals surface area contributed by atoms with Gasteiger partial charge in [-0.25, -0.2) is 0 Å². The van der Waals surface area contributed by atoms with Crippen molar-refractivity contribution in [3.63, 3.8) is 0 Å². The lowest BCUT2D eigenvalue weighted by Gasteiger charge is -2.60. The first-order valence-electron chi connectivity index (χ1n) is 11.3. The highest BCUT2D eigenvalue weighted by molar-refractivity contribution is 8.14. The van der Waals surface area contributed by atoms with Gasteiger partial charge in [-0.3, -0.25) is 14.4 Å². The SMILES string of the molecule is CC(=O)S[C@@H]1CC(=O)C=C2CCC3C4CCC5(CCC(=O)O5)[C@]4(C)CC[C@@H]3C21C. The van der Waals surface area contributed by atoms with E-state index in [1.807, 2.05) is 6.08 Å². The predicted octanol–water partition coefficient (Wildman–Crippen LogP) is 4.85. The Morgan fingerprint density at radius 2 is 1.83 bits per heavy atom. The van der Waals surface area contributed by atoms with Gasteiger partial charge in [-0.05, 0) is 68.8 Å². The average Bonchev–Trinajstić information content (AvgIpc) is 3.17. The molecule has 1 saturated heterocycles. The van der Waals surface area contributed by atoms with Crippen molar-refractivity contribution in [3.05, 3.63) is 11.6 Å². The molecule has 4 nitrogen and oxygen atoms in total. The van der Waals surface area contributed by atoms with Crippen LogP contribution in [0.1, 0.15) is 78.6 Å². The summed E-state index contributed by atoms with van der Waals surface area (Å²) in [4.78, 5) is 36.4. The Bertz CT molecular complexity index is 818. The van der Waals surface area contributed by atoms with E-state index in [1.54, 1.807) is 6.92 Å². The zero-order valence-electron chi connectivity index (χ0n) is 17.8. The topological polar surface area (TPSA) is 60.4 Å². The first kappa shape index (κ1) is 19.8. The predicted molar refractivity (Wildman–Crippen MR) is 112 cm³/mol. The fourth-order valence-electron chi connectivity index (χ4n) is 8.24. The fourth-order valence-corrected chi connectivity index (χ4v) is 9.46. The van der Waals surface area contributed by atoms with Gasteiger partial charge in [-0.15, -0.1) is 0 Å². The Balaban J connectivity index is 1.50. The van der Waals surface area contributed by atoms with E-state index in [1.165, 1.54) is 17.3 Å². The molecule has 4 aliphatic carbocycles. The second-order valence-corrected chi connectivity index (χ2v) is 12.0. The van der Waals surface area contributed by atoms with Crippen molar-refractivity contribution >= 4 is 28.6 Å². The van der Waals surface area contributed by atoms with Crippen molar-refractivity contribution < 1.29 is 19.1 Å². The lowest BCUT2D eigenvalue weighted by molar-refractivity contribution is -0.167. The van der Waals surface area contributed by atoms with Gasteiger partial charge in [0.2, 0.25) is 0 Å². The number of carbonyl (C=O) groups excluding carboxylic acids is 3. The highest BCUT2D eigenvalue weighted by Gasteiger charge is 2.67. The molecule has 0 aromatic carbocycles. The molecule has 4 fully saturated rings. The van der Waals surface area contributed by atoms with Gasteiger partial charge in [0.05, 0.1) is 0 Å². The molecule has 0 radical (unpaired) electrons. The Hall–Kier alpha value is -1.10. The van der Waals surface area contributed by atoms with E-state index in [0.717, 1.165) is 44.9 Å². The van der Waals surface area contributed by atoms with E-state index in [0.29, 0.717) is 30.6 Å². The Kier molecular flexibility index (Phi) is 4.41. The molecular formula is C24H32O4S. The molecule has 4 unspecified atom stereocenters. The minimum atomic E-state index is -0.243. The molecule has 0 aromatic heterocycles. The van der Waals surface area contributed by atoms with Gasteiger partial charge in [-0.2, -0.15) is 0 Å². The Labute approximate surface area is 177 Å². The number of allylic oxidation sites excluding steroid dienone is 1. The second-order valence-electron chi connectivity index (χ2n) is 10.6. The van der Waals surface area contributed by atoms with E-state index in [-0.39, 0.29) is 38.5 Å².